The highest BCUT2D eigenvalue weighted by atomic mass is 32.1. The van der Waals surface area contributed by atoms with Crippen molar-refractivity contribution in [1.82, 2.24) is 0 Å². The Morgan fingerprint density at radius 3 is 2.67 bits per heavy atom. The summed E-state index contributed by atoms with van der Waals surface area (Å²) in [6.07, 6.45) is -0.766. The number of carbonyl (C=O) groups excluding carboxylic acids is 1. The van der Waals surface area contributed by atoms with E-state index in [0.717, 1.165) is 21.1 Å². The van der Waals surface area contributed by atoms with Crippen LogP contribution in [0, 0.1) is 0 Å². The number of anilines is 1. The number of H-pyrrole nitrogens is 1. The highest BCUT2D eigenvalue weighted by Gasteiger charge is 2.05. The number of benzene rings is 1. The van der Waals surface area contributed by atoms with E-state index in [9.17, 15) is 14.7 Å². The van der Waals surface area contributed by atoms with Crippen LogP contribution < -0.4 is 20.6 Å². The minimum Gasteiger partial charge on any atom is -0.550 e. The first-order chi connectivity index (χ1) is 9.92. The fourth-order valence-electron chi connectivity index (χ4n) is 1.43. The molecule has 8 heteroatoms. The summed E-state index contributed by atoms with van der Waals surface area (Å²) in [5.41, 5.74) is 6.70. The quantitative estimate of drug-likeness (QED) is 0.817. The van der Waals surface area contributed by atoms with Gasteiger partial charge in [-0.05, 0) is 36.8 Å². The Morgan fingerprint density at radius 2 is 2.14 bits per heavy atom. The van der Waals surface area contributed by atoms with Crippen LogP contribution in [-0.2, 0) is 9.59 Å². The second-order valence-corrected chi connectivity index (χ2v) is 5.03. The predicted octanol–water partition coefficient (Wildman–Crippen LogP) is 0.297. The molecular formula is C13H16N2O5S. The summed E-state index contributed by atoms with van der Waals surface area (Å²) in [6.45, 7) is 2.66. The molecule has 0 spiro atoms. The Balaban J connectivity index is 0.000000240. The van der Waals surface area contributed by atoms with E-state index in [2.05, 4.69) is 4.98 Å². The topological polar surface area (TPSA) is 127 Å². The minimum absolute atomic E-state index is 0.359. The van der Waals surface area contributed by atoms with Gasteiger partial charge >= 0.3 is 11.1 Å². The van der Waals surface area contributed by atoms with Crippen LogP contribution >= 0.6 is 11.3 Å². The molecule has 0 aliphatic carbocycles. The van der Waals surface area contributed by atoms with Crippen LogP contribution in [0.15, 0.2) is 18.2 Å². The molecule has 2 rings (SSSR count). The number of aromatic amines is 1. The molecule has 1 heterocycles. The van der Waals surface area contributed by atoms with E-state index in [1.807, 2.05) is 25.1 Å². The minimum atomic E-state index is -1.33. The number of nitrogen functional groups attached to an aromatic ring is 1. The van der Waals surface area contributed by atoms with Crippen LogP contribution in [0.3, 0.4) is 0 Å². The zero-order chi connectivity index (χ0) is 15.8. The molecular weight excluding hydrogens is 296 g/mol. The van der Waals surface area contributed by atoms with Crippen molar-refractivity contribution in [2.24, 2.45) is 0 Å². The number of carboxylic acids is 2. The van der Waals surface area contributed by atoms with Crippen molar-refractivity contribution in [1.29, 1.82) is 0 Å². The lowest BCUT2D eigenvalue weighted by molar-refractivity contribution is -0.320. The van der Waals surface area contributed by atoms with Gasteiger partial charge in [0.25, 0.3) is 0 Å². The van der Waals surface area contributed by atoms with Crippen LogP contribution in [0.4, 0.5) is 5.13 Å². The summed E-state index contributed by atoms with van der Waals surface area (Å²) in [5, 5.41) is 18.1. The number of aliphatic carboxylic acids is 2. The molecule has 2 aromatic rings. The van der Waals surface area contributed by atoms with E-state index in [0.29, 0.717) is 6.61 Å². The molecule has 1 aromatic heterocycles. The number of hydrogen-bond donors (Lipinski definition) is 2. The van der Waals surface area contributed by atoms with Crippen molar-refractivity contribution >= 4 is 38.6 Å². The molecule has 114 valence electrons. The summed E-state index contributed by atoms with van der Waals surface area (Å²) in [5.74, 6) is -1.55. The second-order valence-electron chi connectivity index (χ2n) is 3.95. The van der Waals surface area contributed by atoms with E-state index in [1.165, 1.54) is 11.3 Å². The molecule has 0 aliphatic heterocycles. The van der Waals surface area contributed by atoms with Gasteiger partial charge < -0.3 is 19.7 Å². The van der Waals surface area contributed by atoms with Gasteiger partial charge in [-0.2, -0.15) is 0 Å². The summed E-state index contributed by atoms with van der Waals surface area (Å²) in [7, 11) is 0. The Kier molecular flexibility index (Phi) is 6.41. The van der Waals surface area contributed by atoms with Crippen molar-refractivity contribution < 1.29 is 29.5 Å². The van der Waals surface area contributed by atoms with Gasteiger partial charge in [0.1, 0.15) is 11.3 Å². The van der Waals surface area contributed by atoms with Gasteiger partial charge in [-0.1, -0.05) is 0 Å². The zero-order valence-electron chi connectivity index (χ0n) is 11.4. The number of ether oxygens (including phenoxy) is 1. The van der Waals surface area contributed by atoms with Crippen LogP contribution in [0.1, 0.15) is 19.8 Å². The van der Waals surface area contributed by atoms with Gasteiger partial charge in [-0.25, -0.2) is 4.98 Å². The average Bonchev–Trinajstić information content (AvgIpc) is 2.77. The lowest BCUT2D eigenvalue weighted by atomic mass is 10.3. The molecule has 7 nitrogen and oxygen atoms in total. The normalized spacial score (nSPS) is 9.76. The SMILES string of the molecule is CCOc1ccc2[nH+]c(N)sc2c1.O=C([O-])CCC(=O)O. The second kappa shape index (κ2) is 8.05. The monoisotopic (exact) mass is 312 g/mol. The lowest BCUT2D eigenvalue weighted by Crippen LogP contribution is -2.22. The van der Waals surface area contributed by atoms with Crippen LogP contribution in [0.2, 0.25) is 0 Å². The Morgan fingerprint density at radius 1 is 1.43 bits per heavy atom. The molecule has 0 radical (unpaired) electrons. The highest BCUT2D eigenvalue weighted by molar-refractivity contribution is 7.21. The van der Waals surface area contributed by atoms with Crippen LogP contribution in [0.5, 0.6) is 5.75 Å². The lowest BCUT2D eigenvalue weighted by Gasteiger charge is -2.00. The molecule has 0 unspecified atom stereocenters. The molecule has 0 amide bonds. The molecule has 0 atom stereocenters. The van der Waals surface area contributed by atoms with Crippen molar-refractivity contribution in [3.05, 3.63) is 18.2 Å². The summed E-state index contributed by atoms with van der Waals surface area (Å²) in [6, 6.07) is 5.91. The number of aromatic nitrogens is 1. The van der Waals surface area contributed by atoms with Gasteiger partial charge in [0.05, 0.1) is 17.7 Å². The third kappa shape index (κ3) is 6.09. The van der Waals surface area contributed by atoms with E-state index >= 15 is 0 Å². The van der Waals surface area contributed by atoms with Crippen molar-refractivity contribution in [3.63, 3.8) is 0 Å². The summed E-state index contributed by atoms with van der Waals surface area (Å²) >= 11 is 1.53. The Hall–Kier alpha value is -2.35. The largest absolute Gasteiger partial charge is 0.550 e. The fraction of sp³-hybridized carbons (Fsp3) is 0.308. The molecule has 4 N–H and O–H groups in total. The third-order valence-electron chi connectivity index (χ3n) is 2.28. The van der Waals surface area contributed by atoms with Gasteiger partial charge in [0.2, 0.25) is 0 Å². The molecule has 0 saturated carbocycles. The molecule has 0 bridgehead atoms. The third-order valence-corrected chi connectivity index (χ3v) is 3.16. The van der Waals surface area contributed by atoms with Crippen LogP contribution in [0.25, 0.3) is 10.2 Å². The Bertz CT molecular complexity index is 612. The number of rotatable bonds is 5. The first-order valence-corrected chi connectivity index (χ1v) is 6.99. The Labute approximate surface area is 125 Å². The maximum atomic E-state index is 9.61. The molecule has 0 fully saturated rings. The van der Waals surface area contributed by atoms with E-state index in [-0.39, 0.29) is 6.42 Å². The molecule has 21 heavy (non-hydrogen) atoms. The van der Waals surface area contributed by atoms with E-state index in [1.54, 1.807) is 0 Å². The standard InChI is InChI=1S/C9H10N2OS.C4H6O4/c1-2-12-6-3-4-7-8(5-6)13-9(10)11-7;5-3(6)1-2-4(7)8/h3-5H,2H2,1H3,(H2,10,11);1-2H2,(H,5,6)(H,7,8). The van der Waals surface area contributed by atoms with E-state index < -0.39 is 18.4 Å². The number of fused-ring (bicyclic) bond motifs is 1. The van der Waals surface area contributed by atoms with Gasteiger partial charge in [-0.15, -0.1) is 0 Å². The molecule has 0 saturated heterocycles. The fourth-order valence-corrected chi connectivity index (χ4v) is 2.23. The zero-order valence-corrected chi connectivity index (χ0v) is 12.2. The maximum Gasteiger partial charge on any atom is 0.330 e. The predicted molar refractivity (Wildman–Crippen MR) is 75.8 cm³/mol. The van der Waals surface area contributed by atoms with Crippen molar-refractivity contribution in [3.8, 4) is 5.75 Å². The molecule has 1 aromatic carbocycles. The first kappa shape index (κ1) is 16.7. The van der Waals surface area contributed by atoms with Crippen molar-refractivity contribution in [2.75, 3.05) is 12.3 Å². The highest BCUT2D eigenvalue weighted by Crippen LogP contribution is 2.24. The average molecular weight is 312 g/mol. The van der Waals surface area contributed by atoms with Gasteiger partial charge in [0, 0.05) is 12.0 Å². The first-order valence-electron chi connectivity index (χ1n) is 6.18. The number of carboxylic acid groups (broad SMARTS) is 2. The number of thiazole rings is 1. The number of nitrogens with two attached hydrogens (primary N) is 1. The van der Waals surface area contributed by atoms with E-state index in [4.69, 9.17) is 15.6 Å². The number of nitrogens with one attached hydrogen (secondary N) is 1. The van der Waals surface area contributed by atoms with Gasteiger partial charge in [-0.3, -0.25) is 10.5 Å². The summed E-state index contributed by atoms with van der Waals surface area (Å²) in [4.78, 5) is 22.2. The number of carbonyl (C=O) groups is 2. The number of hydrogen-bond acceptors (Lipinski definition) is 6. The van der Waals surface area contributed by atoms with Crippen molar-refractivity contribution in [2.45, 2.75) is 19.8 Å². The maximum absolute atomic E-state index is 9.61. The smallest absolute Gasteiger partial charge is 0.330 e. The van der Waals surface area contributed by atoms with Crippen LogP contribution in [-0.4, -0.2) is 23.7 Å². The molecule has 0 aliphatic rings. The van der Waals surface area contributed by atoms with Gasteiger partial charge in [0.15, 0.2) is 0 Å². The summed E-state index contributed by atoms with van der Waals surface area (Å²) < 4.78 is 6.50.